The fraction of sp³-hybridized carbons (Fsp3) is 0.750. The zero-order chi connectivity index (χ0) is 9.07. The molecule has 12 heavy (non-hydrogen) atoms. The molecule has 0 rings (SSSR count). The van der Waals surface area contributed by atoms with Crippen LogP contribution in [0.4, 0.5) is 0 Å². The fourth-order valence-electron chi connectivity index (χ4n) is 0.585. The number of carbonyl (C=O) groups is 2. The number of rotatable bonds is 9. The second-order valence-electron chi connectivity index (χ2n) is 2.14. The van der Waals surface area contributed by atoms with Gasteiger partial charge < -0.3 is 19.1 Å². The van der Waals surface area contributed by atoms with Crippen LogP contribution in [0.25, 0.3) is 0 Å². The van der Waals surface area contributed by atoms with Gasteiger partial charge in [-0.2, -0.15) is 0 Å². The SMILES string of the molecule is O=CCCOCCOCCC=O. The summed E-state index contributed by atoms with van der Waals surface area (Å²) in [5.74, 6) is 0. The Morgan fingerprint density at radius 3 is 1.50 bits per heavy atom. The minimum atomic E-state index is 0.425. The van der Waals surface area contributed by atoms with Crippen molar-refractivity contribution in [3.8, 4) is 0 Å². The molecule has 0 fully saturated rings. The second-order valence-corrected chi connectivity index (χ2v) is 2.14. The number of aldehydes is 2. The van der Waals surface area contributed by atoms with Crippen LogP contribution in [-0.4, -0.2) is 39.0 Å². The first-order valence-corrected chi connectivity index (χ1v) is 3.94. The van der Waals surface area contributed by atoms with Crippen molar-refractivity contribution >= 4 is 12.6 Å². The van der Waals surface area contributed by atoms with Gasteiger partial charge >= 0.3 is 0 Å². The molecule has 4 nitrogen and oxygen atoms in total. The number of ether oxygens (including phenoxy) is 2. The first-order valence-electron chi connectivity index (χ1n) is 3.94. The Balaban J connectivity index is 2.81. The molecule has 0 spiro atoms. The molecule has 0 amide bonds. The van der Waals surface area contributed by atoms with Crippen molar-refractivity contribution in [2.75, 3.05) is 26.4 Å². The molecule has 0 aromatic carbocycles. The molecule has 0 bridgehead atoms. The molecule has 0 aromatic heterocycles. The predicted molar refractivity (Wildman–Crippen MR) is 43.0 cm³/mol. The minimum absolute atomic E-state index is 0.425. The number of hydrogen-bond acceptors (Lipinski definition) is 4. The Morgan fingerprint density at radius 1 is 0.750 bits per heavy atom. The smallest absolute Gasteiger partial charge is 0.122 e. The summed E-state index contributed by atoms with van der Waals surface area (Å²) in [5.41, 5.74) is 0. The molecule has 0 heterocycles. The van der Waals surface area contributed by atoms with Gasteiger partial charge in [-0.25, -0.2) is 0 Å². The van der Waals surface area contributed by atoms with E-state index in [1.165, 1.54) is 0 Å². The largest absolute Gasteiger partial charge is 0.379 e. The van der Waals surface area contributed by atoms with Crippen LogP contribution < -0.4 is 0 Å². The van der Waals surface area contributed by atoms with E-state index in [-0.39, 0.29) is 0 Å². The summed E-state index contributed by atoms with van der Waals surface area (Å²) in [7, 11) is 0. The number of carbonyl (C=O) groups excluding carboxylic acids is 2. The monoisotopic (exact) mass is 174 g/mol. The van der Waals surface area contributed by atoms with Crippen molar-refractivity contribution in [3.63, 3.8) is 0 Å². The van der Waals surface area contributed by atoms with Crippen LogP contribution in [0.2, 0.25) is 0 Å². The van der Waals surface area contributed by atoms with Crippen LogP contribution in [0.3, 0.4) is 0 Å². The van der Waals surface area contributed by atoms with Gasteiger partial charge in [0.15, 0.2) is 0 Å². The van der Waals surface area contributed by atoms with Crippen LogP contribution in [-0.2, 0) is 19.1 Å². The molecule has 0 N–H and O–H groups in total. The summed E-state index contributed by atoms with van der Waals surface area (Å²) in [5, 5.41) is 0. The lowest BCUT2D eigenvalue weighted by atomic mass is 10.5. The summed E-state index contributed by atoms with van der Waals surface area (Å²) in [6.07, 6.45) is 2.48. The van der Waals surface area contributed by atoms with E-state index in [0.29, 0.717) is 39.3 Å². The van der Waals surface area contributed by atoms with Gasteiger partial charge in [0.1, 0.15) is 12.6 Å². The Kier molecular flexibility index (Phi) is 9.63. The lowest BCUT2D eigenvalue weighted by Crippen LogP contribution is -2.06. The van der Waals surface area contributed by atoms with E-state index in [1.807, 2.05) is 0 Å². The van der Waals surface area contributed by atoms with Gasteiger partial charge in [0, 0.05) is 12.8 Å². The van der Waals surface area contributed by atoms with E-state index in [2.05, 4.69) is 0 Å². The molecular weight excluding hydrogens is 160 g/mol. The summed E-state index contributed by atoms with van der Waals surface area (Å²) >= 11 is 0. The van der Waals surface area contributed by atoms with E-state index >= 15 is 0 Å². The van der Waals surface area contributed by atoms with Crippen molar-refractivity contribution in [2.45, 2.75) is 12.8 Å². The molecule has 4 heteroatoms. The molecule has 0 atom stereocenters. The molecule has 0 aliphatic carbocycles. The zero-order valence-electron chi connectivity index (χ0n) is 7.03. The molecule has 0 saturated heterocycles. The number of hydrogen-bond donors (Lipinski definition) is 0. The lowest BCUT2D eigenvalue weighted by molar-refractivity contribution is -0.110. The highest BCUT2D eigenvalue weighted by Gasteiger charge is 1.88. The Labute approximate surface area is 71.8 Å². The quantitative estimate of drug-likeness (QED) is 0.370. The predicted octanol–water partition coefficient (Wildman–Crippen LogP) is 0.198. The van der Waals surface area contributed by atoms with Gasteiger partial charge in [0.05, 0.1) is 26.4 Å². The Hall–Kier alpha value is -0.740. The molecular formula is C8H14O4. The second kappa shape index (κ2) is 10.3. The maximum absolute atomic E-state index is 9.83. The normalized spacial score (nSPS) is 9.67. The average molecular weight is 174 g/mol. The minimum Gasteiger partial charge on any atom is -0.379 e. The topological polar surface area (TPSA) is 52.6 Å². The first kappa shape index (κ1) is 11.3. The molecule has 0 saturated carbocycles. The van der Waals surface area contributed by atoms with Gasteiger partial charge in [-0.05, 0) is 0 Å². The summed E-state index contributed by atoms with van der Waals surface area (Å²) < 4.78 is 10.0. The van der Waals surface area contributed by atoms with Crippen LogP contribution in [0.5, 0.6) is 0 Å². The fourth-order valence-corrected chi connectivity index (χ4v) is 0.585. The van der Waals surface area contributed by atoms with Gasteiger partial charge in [0.2, 0.25) is 0 Å². The van der Waals surface area contributed by atoms with Crippen molar-refractivity contribution < 1.29 is 19.1 Å². The van der Waals surface area contributed by atoms with E-state index in [4.69, 9.17) is 9.47 Å². The molecule has 70 valence electrons. The van der Waals surface area contributed by atoms with E-state index in [9.17, 15) is 9.59 Å². The van der Waals surface area contributed by atoms with Gasteiger partial charge in [-0.1, -0.05) is 0 Å². The third kappa shape index (κ3) is 9.26. The lowest BCUT2D eigenvalue weighted by Gasteiger charge is -2.01. The van der Waals surface area contributed by atoms with Crippen molar-refractivity contribution in [2.24, 2.45) is 0 Å². The van der Waals surface area contributed by atoms with Crippen molar-refractivity contribution in [1.82, 2.24) is 0 Å². The van der Waals surface area contributed by atoms with Crippen LogP contribution in [0, 0.1) is 0 Å². The maximum atomic E-state index is 9.83. The third-order valence-electron chi connectivity index (χ3n) is 1.13. The molecule has 0 aliphatic heterocycles. The zero-order valence-corrected chi connectivity index (χ0v) is 7.03. The average Bonchev–Trinajstić information content (AvgIpc) is 2.10. The first-order chi connectivity index (χ1) is 5.91. The molecule has 0 unspecified atom stereocenters. The Morgan fingerprint density at radius 2 is 1.17 bits per heavy atom. The van der Waals surface area contributed by atoms with Crippen molar-refractivity contribution in [3.05, 3.63) is 0 Å². The molecule has 0 aromatic rings. The molecule has 0 radical (unpaired) electrons. The highest BCUT2D eigenvalue weighted by atomic mass is 16.5. The van der Waals surface area contributed by atoms with Gasteiger partial charge in [0.25, 0.3) is 0 Å². The van der Waals surface area contributed by atoms with Crippen LogP contribution >= 0.6 is 0 Å². The van der Waals surface area contributed by atoms with E-state index < -0.39 is 0 Å². The van der Waals surface area contributed by atoms with E-state index in [1.54, 1.807) is 0 Å². The third-order valence-corrected chi connectivity index (χ3v) is 1.13. The molecule has 0 aliphatic rings. The van der Waals surface area contributed by atoms with Crippen molar-refractivity contribution in [1.29, 1.82) is 0 Å². The summed E-state index contributed by atoms with van der Waals surface area (Å²) in [6.45, 7) is 1.85. The van der Waals surface area contributed by atoms with E-state index in [0.717, 1.165) is 12.6 Å². The summed E-state index contributed by atoms with van der Waals surface area (Å²) in [4.78, 5) is 19.7. The Bertz CT molecular complexity index is 99.6. The summed E-state index contributed by atoms with van der Waals surface area (Å²) in [6, 6.07) is 0. The van der Waals surface area contributed by atoms with Crippen LogP contribution in [0.1, 0.15) is 12.8 Å². The van der Waals surface area contributed by atoms with Crippen LogP contribution in [0.15, 0.2) is 0 Å². The maximum Gasteiger partial charge on any atom is 0.122 e. The standard InChI is InChI=1S/C8H14O4/c9-3-1-5-11-7-8-12-6-2-4-10/h3-4H,1-2,5-8H2. The van der Waals surface area contributed by atoms with Gasteiger partial charge in [-0.3, -0.25) is 0 Å². The van der Waals surface area contributed by atoms with Gasteiger partial charge in [-0.15, -0.1) is 0 Å². The highest BCUT2D eigenvalue weighted by molar-refractivity contribution is 5.49. The highest BCUT2D eigenvalue weighted by Crippen LogP contribution is 1.82.